The lowest BCUT2D eigenvalue weighted by atomic mass is 10.2. The molecule has 0 bridgehead atoms. The van der Waals surface area contributed by atoms with Crippen LogP contribution in [0.4, 0.5) is 0 Å². The van der Waals surface area contributed by atoms with Gasteiger partial charge in [-0.3, -0.25) is 19.1 Å². The number of nitrogens with one attached hydrogen (secondary N) is 1. The zero-order valence-corrected chi connectivity index (χ0v) is 17.4. The zero-order chi connectivity index (χ0) is 21.6. The molecule has 3 aromatic rings. The highest BCUT2D eigenvalue weighted by molar-refractivity contribution is 5.77. The summed E-state index contributed by atoms with van der Waals surface area (Å²) in [5.74, 6) is -0.0288. The molecule has 2 heterocycles. The third-order valence-corrected chi connectivity index (χ3v) is 5.64. The number of fused-ring (bicyclic) bond motifs is 1. The maximum Gasteiger partial charge on any atom is 0.328 e. The molecule has 7 heteroatoms. The maximum atomic E-state index is 12.6. The summed E-state index contributed by atoms with van der Waals surface area (Å²) >= 11 is 0. The quantitative estimate of drug-likeness (QED) is 0.664. The van der Waals surface area contributed by atoms with E-state index in [4.69, 9.17) is 0 Å². The number of hydrogen-bond donors (Lipinski definition) is 1. The van der Waals surface area contributed by atoms with Gasteiger partial charge < -0.3 is 9.88 Å². The number of H-pyrrole nitrogens is 1. The van der Waals surface area contributed by atoms with Crippen molar-refractivity contribution in [2.24, 2.45) is 0 Å². The number of aromatic nitrogens is 2. The number of para-hydroxylation sites is 1. The number of amides is 1. The Labute approximate surface area is 180 Å². The molecule has 7 nitrogen and oxygen atoms in total. The highest BCUT2D eigenvalue weighted by atomic mass is 16.2. The van der Waals surface area contributed by atoms with Crippen molar-refractivity contribution in [3.05, 3.63) is 87.1 Å². The zero-order valence-electron chi connectivity index (χ0n) is 17.4. The van der Waals surface area contributed by atoms with Crippen molar-refractivity contribution in [1.82, 2.24) is 19.4 Å². The van der Waals surface area contributed by atoms with Crippen LogP contribution in [0.15, 0.2) is 70.3 Å². The van der Waals surface area contributed by atoms with E-state index in [1.807, 2.05) is 23.1 Å². The monoisotopic (exact) mass is 418 g/mol. The van der Waals surface area contributed by atoms with Crippen molar-refractivity contribution in [1.29, 1.82) is 0 Å². The molecule has 0 spiro atoms. The number of rotatable bonds is 6. The van der Waals surface area contributed by atoms with Crippen LogP contribution in [-0.4, -0.2) is 58.0 Å². The molecular formula is C24H26N4O3. The van der Waals surface area contributed by atoms with Crippen LogP contribution in [0.25, 0.3) is 17.0 Å². The molecule has 0 atom stereocenters. The van der Waals surface area contributed by atoms with Crippen LogP contribution in [0.1, 0.15) is 12.0 Å². The second-order valence-electron chi connectivity index (χ2n) is 7.68. The summed E-state index contributed by atoms with van der Waals surface area (Å²) in [5, 5.41) is 0.451. The normalized spacial score (nSPS) is 15.0. The average Bonchev–Trinajstić information content (AvgIpc) is 2.80. The molecule has 1 saturated heterocycles. The summed E-state index contributed by atoms with van der Waals surface area (Å²) in [4.78, 5) is 44.3. The highest BCUT2D eigenvalue weighted by Crippen LogP contribution is 2.07. The van der Waals surface area contributed by atoms with Crippen molar-refractivity contribution in [2.45, 2.75) is 13.0 Å². The van der Waals surface area contributed by atoms with E-state index in [1.54, 1.807) is 24.3 Å². The summed E-state index contributed by atoms with van der Waals surface area (Å²) in [7, 11) is 0. The van der Waals surface area contributed by atoms with Gasteiger partial charge in [0.25, 0.3) is 5.56 Å². The van der Waals surface area contributed by atoms with Crippen molar-refractivity contribution < 1.29 is 4.79 Å². The predicted molar refractivity (Wildman–Crippen MR) is 122 cm³/mol. The second kappa shape index (κ2) is 9.57. The smallest absolute Gasteiger partial charge is 0.328 e. The fourth-order valence-corrected chi connectivity index (χ4v) is 3.85. The lowest BCUT2D eigenvalue weighted by Crippen LogP contribution is -2.49. The Morgan fingerprint density at radius 2 is 1.65 bits per heavy atom. The first-order valence-electron chi connectivity index (χ1n) is 10.6. The van der Waals surface area contributed by atoms with Gasteiger partial charge in [0.15, 0.2) is 0 Å². The van der Waals surface area contributed by atoms with Crippen molar-refractivity contribution in [3.8, 4) is 0 Å². The molecular weight excluding hydrogens is 392 g/mol. The van der Waals surface area contributed by atoms with Crippen LogP contribution in [0, 0.1) is 0 Å². The molecule has 31 heavy (non-hydrogen) atoms. The SMILES string of the molecule is O=C(CCn1c(=O)[nH]c2ccccc2c1=O)N1CCN(CC=Cc2ccccc2)CC1. The molecule has 1 aliphatic heterocycles. The second-order valence-corrected chi connectivity index (χ2v) is 7.68. The van der Waals surface area contributed by atoms with Gasteiger partial charge in [-0.15, -0.1) is 0 Å². The van der Waals surface area contributed by atoms with Gasteiger partial charge in [-0.1, -0.05) is 54.6 Å². The Kier molecular flexibility index (Phi) is 6.43. The largest absolute Gasteiger partial charge is 0.340 e. The van der Waals surface area contributed by atoms with E-state index >= 15 is 0 Å². The lowest BCUT2D eigenvalue weighted by Gasteiger charge is -2.34. The number of benzene rings is 2. The number of hydrogen-bond acceptors (Lipinski definition) is 4. The topological polar surface area (TPSA) is 78.4 Å². The van der Waals surface area contributed by atoms with E-state index in [-0.39, 0.29) is 24.4 Å². The number of carbonyl (C=O) groups is 1. The standard InChI is InChI=1S/C24H26N4O3/c29-22(12-14-28-23(30)20-10-4-5-11-21(20)25-24(28)31)27-17-15-26(16-18-27)13-6-9-19-7-2-1-3-8-19/h1-11H,12-18H2,(H,25,31). The summed E-state index contributed by atoms with van der Waals surface area (Å²) in [6.07, 6.45) is 4.39. The molecule has 4 rings (SSSR count). The van der Waals surface area contributed by atoms with Crippen molar-refractivity contribution >= 4 is 22.9 Å². The molecule has 1 N–H and O–H groups in total. The van der Waals surface area contributed by atoms with Gasteiger partial charge in [-0.05, 0) is 17.7 Å². The maximum absolute atomic E-state index is 12.6. The molecule has 2 aromatic carbocycles. The summed E-state index contributed by atoms with van der Waals surface area (Å²) in [6, 6.07) is 17.1. The Balaban J connectivity index is 1.29. The minimum absolute atomic E-state index is 0.0288. The molecule has 1 aromatic heterocycles. The van der Waals surface area contributed by atoms with E-state index < -0.39 is 5.69 Å². The average molecular weight is 418 g/mol. The van der Waals surface area contributed by atoms with Crippen LogP contribution in [-0.2, 0) is 11.3 Å². The van der Waals surface area contributed by atoms with E-state index in [0.29, 0.717) is 24.0 Å². The molecule has 1 fully saturated rings. The fraction of sp³-hybridized carbons (Fsp3) is 0.292. The molecule has 0 saturated carbocycles. The lowest BCUT2D eigenvalue weighted by molar-refractivity contribution is -0.133. The molecule has 0 aliphatic carbocycles. The van der Waals surface area contributed by atoms with Gasteiger partial charge >= 0.3 is 5.69 Å². The highest BCUT2D eigenvalue weighted by Gasteiger charge is 2.20. The molecule has 1 aliphatic rings. The van der Waals surface area contributed by atoms with E-state index in [9.17, 15) is 14.4 Å². The van der Waals surface area contributed by atoms with E-state index in [0.717, 1.165) is 24.2 Å². The van der Waals surface area contributed by atoms with Gasteiger partial charge in [-0.2, -0.15) is 0 Å². The van der Waals surface area contributed by atoms with Crippen LogP contribution >= 0.6 is 0 Å². The Morgan fingerprint density at radius 3 is 2.42 bits per heavy atom. The van der Waals surface area contributed by atoms with Gasteiger partial charge in [-0.25, -0.2) is 4.79 Å². The first kappa shape index (κ1) is 20.8. The number of aromatic amines is 1. The Bertz CT molecular complexity index is 1190. The fourth-order valence-electron chi connectivity index (χ4n) is 3.85. The number of nitrogens with zero attached hydrogens (tertiary/aromatic N) is 3. The van der Waals surface area contributed by atoms with Gasteiger partial charge in [0.1, 0.15) is 0 Å². The van der Waals surface area contributed by atoms with Crippen LogP contribution < -0.4 is 11.2 Å². The van der Waals surface area contributed by atoms with Gasteiger partial charge in [0, 0.05) is 45.7 Å². The van der Waals surface area contributed by atoms with Crippen LogP contribution in [0.5, 0.6) is 0 Å². The first-order chi connectivity index (χ1) is 15.1. The van der Waals surface area contributed by atoms with Crippen LogP contribution in [0.2, 0.25) is 0 Å². The Morgan fingerprint density at radius 1 is 0.935 bits per heavy atom. The van der Waals surface area contributed by atoms with E-state index in [2.05, 4.69) is 34.2 Å². The van der Waals surface area contributed by atoms with E-state index in [1.165, 1.54) is 5.56 Å². The summed E-state index contributed by atoms with van der Waals surface area (Å²) < 4.78 is 1.12. The van der Waals surface area contributed by atoms with Gasteiger partial charge in [0.05, 0.1) is 10.9 Å². The number of carbonyl (C=O) groups excluding carboxylic acids is 1. The third kappa shape index (κ3) is 5.00. The first-order valence-corrected chi connectivity index (χ1v) is 10.6. The molecule has 0 radical (unpaired) electrons. The summed E-state index contributed by atoms with van der Waals surface area (Å²) in [6.45, 7) is 3.85. The minimum atomic E-state index is -0.480. The minimum Gasteiger partial charge on any atom is -0.340 e. The summed E-state index contributed by atoms with van der Waals surface area (Å²) in [5.41, 5.74) is 0.849. The Hall–Kier alpha value is -3.45. The predicted octanol–water partition coefficient (Wildman–Crippen LogP) is 1.94. The van der Waals surface area contributed by atoms with Crippen LogP contribution in [0.3, 0.4) is 0 Å². The van der Waals surface area contributed by atoms with Crippen molar-refractivity contribution in [3.63, 3.8) is 0 Å². The third-order valence-electron chi connectivity index (χ3n) is 5.64. The number of piperazine rings is 1. The molecule has 0 unspecified atom stereocenters. The van der Waals surface area contributed by atoms with Crippen molar-refractivity contribution in [2.75, 3.05) is 32.7 Å². The van der Waals surface area contributed by atoms with Gasteiger partial charge in [0.2, 0.25) is 5.91 Å². The molecule has 160 valence electrons. The molecule has 1 amide bonds.